The minimum absolute atomic E-state index is 0.0195. The molecule has 0 N–H and O–H groups in total. The molecule has 1 aromatic carbocycles. The van der Waals surface area contributed by atoms with Crippen LogP contribution in [0.1, 0.15) is 50.4 Å². The summed E-state index contributed by atoms with van der Waals surface area (Å²) in [5.41, 5.74) is 3.67. The van der Waals surface area contributed by atoms with Gasteiger partial charge in [-0.15, -0.1) is 0 Å². The topological polar surface area (TPSA) is 47.4 Å². The number of carbonyl (C=O) groups is 1. The van der Waals surface area contributed by atoms with Gasteiger partial charge < -0.3 is 9.64 Å². The van der Waals surface area contributed by atoms with Gasteiger partial charge in [-0.25, -0.2) is 4.79 Å². The van der Waals surface area contributed by atoms with Crippen LogP contribution in [0.5, 0.6) is 0 Å². The largest absolute Gasteiger partial charge is 0.445 e. The molecule has 2 heterocycles. The van der Waals surface area contributed by atoms with Gasteiger partial charge in [0, 0.05) is 13.1 Å². The molecule has 1 aromatic heterocycles. The van der Waals surface area contributed by atoms with E-state index in [1.165, 1.54) is 11.3 Å². The number of rotatable bonds is 2. The fourth-order valence-electron chi connectivity index (χ4n) is 4.22. The highest BCUT2D eigenvalue weighted by Crippen LogP contribution is 2.41. The number of hydrogen-bond acceptors (Lipinski definition) is 3. The van der Waals surface area contributed by atoms with Crippen LogP contribution < -0.4 is 0 Å². The van der Waals surface area contributed by atoms with Crippen LogP contribution in [0.3, 0.4) is 0 Å². The summed E-state index contributed by atoms with van der Waals surface area (Å²) in [6.07, 6.45) is 9.33. The summed E-state index contributed by atoms with van der Waals surface area (Å²) in [5.74, 6) is 0. The van der Waals surface area contributed by atoms with Gasteiger partial charge in [-0.05, 0) is 62.7 Å². The van der Waals surface area contributed by atoms with Crippen LogP contribution in [0.4, 0.5) is 4.79 Å². The lowest BCUT2D eigenvalue weighted by Gasteiger charge is -2.41. The van der Waals surface area contributed by atoms with Crippen molar-refractivity contribution in [1.82, 2.24) is 14.7 Å². The molecule has 1 aliphatic carbocycles. The molecule has 28 heavy (non-hydrogen) atoms. The molecule has 0 atom stereocenters. The van der Waals surface area contributed by atoms with Crippen LogP contribution in [0.15, 0.2) is 42.6 Å². The maximum atomic E-state index is 12.4. The molecule has 2 aliphatic rings. The number of carbonyl (C=O) groups excluding carboxylic acids is 1. The molecule has 148 valence electrons. The number of aromatic nitrogens is 2. The number of fused-ring (bicyclic) bond motifs is 1. The molecule has 0 saturated carbocycles. The van der Waals surface area contributed by atoms with Crippen molar-refractivity contribution >= 4 is 12.2 Å². The van der Waals surface area contributed by atoms with E-state index in [2.05, 4.69) is 42.7 Å². The fraction of sp³-hybridized carbons (Fsp3) is 0.478. The van der Waals surface area contributed by atoms with Crippen molar-refractivity contribution < 1.29 is 9.53 Å². The molecule has 4 rings (SSSR count). The number of allylic oxidation sites excluding steroid dienone is 1. The van der Waals surface area contributed by atoms with E-state index in [9.17, 15) is 4.79 Å². The Balaban J connectivity index is 1.36. The van der Waals surface area contributed by atoms with E-state index in [4.69, 9.17) is 4.74 Å². The summed E-state index contributed by atoms with van der Waals surface area (Å²) in [6, 6.07) is 9.82. The van der Waals surface area contributed by atoms with E-state index in [-0.39, 0.29) is 17.0 Å². The highest BCUT2D eigenvalue weighted by Gasteiger charge is 2.38. The number of benzene rings is 1. The number of ether oxygens (including phenoxy) is 1. The third kappa shape index (κ3) is 3.71. The Morgan fingerprint density at radius 1 is 1.18 bits per heavy atom. The first-order valence-corrected chi connectivity index (χ1v) is 10.1. The Morgan fingerprint density at radius 2 is 1.89 bits per heavy atom. The third-order valence-corrected chi connectivity index (χ3v) is 5.88. The first-order valence-electron chi connectivity index (χ1n) is 10.1. The van der Waals surface area contributed by atoms with Crippen molar-refractivity contribution in [3.63, 3.8) is 0 Å². The first-order chi connectivity index (χ1) is 13.4. The van der Waals surface area contributed by atoms with E-state index in [1.807, 2.05) is 41.4 Å². The summed E-state index contributed by atoms with van der Waals surface area (Å²) in [5, 5.41) is 4.62. The van der Waals surface area contributed by atoms with Crippen LogP contribution >= 0.6 is 0 Å². The monoisotopic (exact) mass is 379 g/mol. The number of amides is 1. The minimum atomic E-state index is -0.209. The predicted molar refractivity (Wildman–Crippen MR) is 110 cm³/mol. The molecule has 0 bridgehead atoms. The van der Waals surface area contributed by atoms with E-state index < -0.39 is 0 Å². The molecule has 5 nitrogen and oxygen atoms in total. The lowest BCUT2D eigenvalue weighted by molar-refractivity contribution is 0.0722. The zero-order valence-corrected chi connectivity index (χ0v) is 17.0. The van der Waals surface area contributed by atoms with Gasteiger partial charge in [-0.3, -0.25) is 4.68 Å². The van der Waals surface area contributed by atoms with Gasteiger partial charge in [-0.1, -0.05) is 36.4 Å². The third-order valence-electron chi connectivity index (χ3n) is 5.88. The first kappa shape index (κ1) is 18.8. The van der Waals surface area contributed by atoms with Gasteiger partial charge in [0.15, 0.2) is 0 Å². The second-order valence-corrected chi connectivity index (χ2v) is 9.04. The molecule has 1 amide bonds. The van der Waals surface area contributed by atoms with E-state index in [0.29, 0.717) is 6.61 Å². The molecular weight excluding hydrogens is 350 g/mol. The molecule has 1 spiro atoms. The number of likely N-dealkylation sites (tertiary alicyclic amines) is 1. The SMILES string of the molecule is CC(C)(C)n1ncc2c1C=CC1(CCN(C(=O)OCc3ccccc3)CC1)C2. The van der Waals surface area contributed by atoms with Crippen LogP contribution in [-0.4, -0.2) is 33.9 Å². The smallest absolute Gasteiger partial charge is 0.410 e. The second-order valence-electron chi connectivity index (χ2n) is 9.04. The van der Waals surface area contributed by atoms with Crippen molar-refractivity contribution in [2.75, 3.05) is 13.1 Å². The second kappa shape index (κ2) is 7.12. The maximum absolute atomic E-state index is 12.4. The van der Waals surface area contributed by atoms with Gasteiger partial charge in [0.25, 0.3) is 0 Å². The molecule has 0 radical (unpaired) electrons. The summed E-state index contributed by atoms with van der Waals surface area (Å²) >= 11 is 0. The molecule has 5 heteroatoms. The van der Waals surface area contributed by atoms with Crippen molar-refractivity contribution in [3.8, 4) is 0 Å². The Hall–Kier alpha value is -2.56. The van der Waals surface area contributed by atoms with E-state index in [1.54, 1.807) is 0 Å². The Labute approximate surface area is 167 Å². The van der Waals surface area contributed by atoms with Crippen molar-refractivity contribution in [3.05, 3.63) is 59.4 Å². The standard InChI is InChI=1S/C23H29N3O2/c1-22(2,3)26-20-9-10-23(15-19(20)16-24-26)11-13-25(14-12-23)21(27)28-17-18-7-5-4-6-8-18/h4-10,16H,11-15,17H2,1-3H3. The summed E-state index contributed by atoms with van der Waals surface area (Å²) in [6.45, 7) is 8.34. The molecule has 1 aliphatic heterocycles. The van der Waals surface area contributed by atoms with Crippen molar-refractivity contribution in [2.45, 2.75) is 52.2 Å². The van der Waals surface area contributed by atoms with Gasteiger partial charge in [0.2, 0.25) is 0 Å². The van der Waals surface area contributed by atoms with E-state index >= 15 is 0 Å². The average molecular weight is 380 g/mol. The van der Waals surface area contributed by atoms with Crippen LogP contribution in [-0.2, 0) is 23.3 Å². The maximum Gasteiger partial charge on any atom is 0.410 e. The van der Waals surface area contributed by atoms with Crippen LogP contribution in [0, 0.1) is 5.41 Å². The van der Waals surface area contributed by atoms with Crippen molar-refractivity contribution in [2.24, 2.45) is 5.41 Å². The summed E-state index contributed by atoms with van der Waals surface area (Å²) in [7, 11) is 0. The Morgan fingerprint density at radius 3 is 2.57 bits per heavy atom. The lowest BCUT2D eigenvalue weighted by atomic mass is 9.71. The fourth-order valence-corrected chi connectivity index (χ4v) is 4.22. The normalized spacial score (nSPS) is 18.2. The Kier molecular flexibility index (Phi) is 4.77. The molecule has 0 unspecified atom stereocenters. The molecular formula is C23H29N3O2. The molecule has 1 fully saturated rings. The lowest BCUT2D eigenvalue weighted by Crippen LogP contribution is -2.44. The van der Waals surface area contributed by atoms with Crippen LogP contribution in [0.25, 0.3) is 6.08 Å². The highest BCUT2D eigenvalue weighted by molar-refractivity contribution is 5.68. The summed E-state index contributed by atoms with van der Waals surface area (Å²) in [4.78, 5) is 14.3. The van der Waals surface area contributed by atoms with Gasteiger partial charge in [0.1, 0.15) is 6.61 Å². The number of piperidine rings is 1. The zero-order chi connectivity index (χ0) is 19.8. The quantitative estimate of drug-likeness (QED) is 0.764. The molecule has 1 saturated heterocycles. The minimum Gasteiger partial charge on any atom is -0.445 e. The van der Waals surface area contributed by atoms with E-state index in [0.717, 1.165) is 37.9 Å². The molecule has 2 aromatic rings. The van der Waals surface area contributed by atoms with Gasteiger partial charge in [-0.2, -0.15) is 5.10 Å². The Bertz CT molecular complexity index is 869. The number of nitrogens with zero attached hydrogens (tertiary/aromatic N) is 3. The van der Waals surface area contributed by atoms with Crippen LogP contribution in [0.2, 0.25) is 0 Å². The van der Waals surface area contributed by atoms with Gasteiger partial charge >= 0.3 is 6.09 Å². The average Bonchev–Trinajstić information content (AvgIpc) is 3.11. The highest BCUT2D eigenvalue weighted by atomic mass is 16.6. The predicted octanol–water partition coefficient (Wildman–Crippen LogP) is 4.63. The summed E-state index contributed by atoms with van der Waals surface area (Å²) < 4.78 is 7.61. The number of hydrogen-bond donors (Lipinski definition) is 0. The van der Waals surface area contributed by atoms with Crippen molar-refractivity contribution in [1.29, 1.82) is 0 Å². The van der Waals surface area contributed by atoms with Gasteiger partial charge in [0.05, 0.1) is 17.4 Å². The zero-order valence-electron chi connectivity index (χ0n) is 17.0.